The maximum absolute atomic E-state index is 2.41. The number of benzene rings is 1. The predicted octanol–water partition coefficient (Wildman–Crippen LogP) is 4.45. The molecule has 1 aromatic rings. The molecule has 1 aromatic carbocycles. The standard InChI is InChI=1S/C15H22/c1-3-15(10-9-13(2)11-15)12-14-7-5-4-6-8-14/h4-8,13H,3,9-12H2,1-2H3/t13-,15-/m1/s1. The van der Waals surface area contributed by atoms with Crippen LogP contribution in [0.4, 0.5) is 0 Å². The van der Waals surface area contributed by atoms with Gasteiger partial charge in [-0.3, -0.25) is 0 Å². The second-order valence-corrected chi connectivity index (χ2v) is 5.36. The van der Waals surface area contributed by atoms with Gasteiger partial charge in [0.15, 0.2) is 0 Å². The normalized spacial score (nSPS) is 30.7. The lowest BCUT2D eigenvalue weighted by molar-refractivity contribution is 0.272. The molecule has 0 aromatic heterocycles. The molecule has 2 atom stereocenters. The van der Waals surface area contributed by atoms with Gasteiger partial charge >= 0.3 is 0 Å². The van der Waals surface area contributed by atoms with Crippen molar-refractivity contribution in [3.8, 4) is 0 Å². The minimum atomic E-state index is 0.612. The lowest BCUT2D eigenvalue weighted by Gasteiger charge is -2.28. The zero-order valence-electron chi connectivity index (χ0n) is 10.00. The lowest BCUT2D eigenvalue weighted by atomic mass is 9.77. The fourth-order valence-corrected chi connectivity index (χ4v) is 3.13. The number of hydrogen-bond donors (Lipinski definition) is 0. The first-order chi connectivity index (χ1) is 7.24. The van der Waals surface area contributed by atoms with Gasteiger partial charge in [-0.2, -0.15) is 0 Å². The van der Waals surface area contributed by atoms with Gasteiger partial charge in [0.25, 0.3) is 0 Å². The van der Waals surface area contributed by atoms with Crippen LogP contribution in [0.15, 0.2) is 30.3 Å². The second kappa shape index (κ2) is 4.38. The second-order valence-electron chi connectivity index (χ2n) is 5.36. The average Bonchev–Trinajstić information content (AvgIpc) is 2.62. The van der Waals surface area contributed by atoms with Gasteiger partial charge in [0.2, 0.25) is 0 Å². The molecule has 0 N–H and O–H groups in total. The zero-order chi connectivity index (χ0) is 10.7. The van der Waals surface area contributed by atoms with Crippen LogP contribution in [0.2, 0.25) is 0 Å². The smallest absolute Gasteiger partial charge is 0.0222 e. The Hall–Kier alpha value is -0.780. The van der Waals surface area contributed by atoms with E-state index in [1.165, 1.54) is 37.7 Å². The molecule has 0 amide bonds. The molecule has 0 heteroatoms. The molecule has 0 saturated heterocycles. The first-order valence-corrected chi connectivity index (χ1v) is 6.28. The topological polar surface area (TPSA) is 0 Å². The highest BCUT2D eigenvalue weighted by molar-refractivity contribution is 5.17. The Morgan fingerprint density at radius 3 is 2.53 bits per heavy atom. The van der Waals surface area contributed by atoms with Crippen molar-refractivity contribution in [2.75, 3.05) is 0 Å². The van der Waals surface area contributed by atoms with E-state index in [1.54, 1.807) is 0 Å². The van der Waals surface area contributed by atoms with Crippen LogP contribution in [0.5, 0.6) is 0 Å². The minimum absolute atomic E-state index is 0.612. The van der Waals surface area contributed by atoms with Crippen molar-refractivity contribution < 1.29 is 0 Å². The molecule has 1 saturated carbocycles. The van der Waals surface area contributed by atoms with Gasteiger partial charge in [-0.1, -0.05) is 57.0 Å². The Labute approximate surface area is 93.7 Å². The molecule has 15 heavy (non-hydrogen) atoms. The van der Waals surface area contributed by atoms with E-state index in [0.29, 0.717) is 5.41 Å². The maximum atomic E-state index is 2.41. The van der Waals surface area contributed by atoms with Crippen LogP contribution in [0, 0.1) is 11.3 Å². The maximum Gasteiger partial charge on any atom is -0.0222 e. The van der Waals surface area contributed by atoms with Gasteiger partial charge in [0.05, 0.1) is 0 Å². The van der Waals surface area contributed by atoms with E-state index in [1.807, 2.05) is 0 Å². The molecular formula is C15H22. The summed E-state index contributed by atoms with van der Waals surface area (Å²) in [4.78, 5) is 0. The van der Waals surface area contributed by atoms with E-state index in [0.717, 1.165) is 5.92 Å². The molecule has 0 spiro atoms. The summed E-state index contributed by atoms with van der Waals surface area (Å²) in [6.45, 7) is 4.77. The average molecular weight is 202 g/mol. The van der Waals surface area contributed by atoms with Crippen LogP contribution in [-0.4, -0.2) is 0 Å². The van der Waals surface area contributed by atoms with E-state index in [-0.39, 0.29) is 0 Å². The van der Waals surface area contributed by atoms with Crippen LogP contribution in [0.25, 0.3) is 0 Å². The monoisotopic (exact) mass is 202 g/mol. The summed E-state index contributed by atoms with van der Waals surface area (Å²) in [7, 11) is 0. The molecular weight excluding hydrogens is 180 g/mol. The van der Waals surface area contributed by atoms with Crippen molar-refractivity contribution in [3.05, 3.63) is 35.9 Å². The molecule has 82 valence electrons. The van der Waals surface area contributed by atoms with E-state index in [2.05, 4.69) is 44.2 Å². The highest BCUT2D eigenvalue weighted by Crippen LogP contribution is 2.46. The first kappa shape index (κ1) is 10.7. The fourth-order valence-electron chi connectivity index (χ4n) is 3.13. The third kappa shape index (κ3) is 2.42. The van der Waals surface area contributed by atoms with Gasteiger partial charge < -0.3 is 0 Å². The molecule has 0 radical (unpaired) electrons. The van der Waals surface area contributed by atoms with Gasteiger partial charge in [0.1, 0.15) is 0 Å². The van der Waals surface area contributed by atoms with Crippen LogP contribution in [0.1, 0.15) is 45.1 Å². The fraction of sp³-hybridized carbons (Fsp3) is 0.600. The van der Waals surface area contributed by atoms with Gasteiger partial charge in [-0.15, -0.1) is 0 Å². The summed E-state index contributed by atoms with van der Waals surface area (Å²) < 4.78 is 0. The van der Waals surface area contributed by atoms with Crippen molar-refractivity contribution in [3.63, 3.8) is 0 Å². The Morgan fingerprint density at radius 1 is 1.27 bits per heavy atom. The Balaban J connectivity index is 2.09. The Morgan fingerprint density at radius 2 is 2.00 bits per heavy atom. The quantitative estimate of drug-likeness (QED) is 0.679. The summed E-state index contributed by atoms with van der Waals surface area (Å²) in [5.74, 6) is 0.939. The van der Waals surface area contributed by atoms with Crippen molar-refractivity contribution in [2.24, 2.45) is 11.3 Å². The molecule has 0 heterocycles. The highest BCUT2D eigenvalue weighted by atomic mass is 14.4. The molecule has 0 unspecified atom stereocenters. The zero-order valence-corrected chi connectivity index (χ0v) is 10.00. The Kier molecular flexibility index (Phi) is 3.14. The van der Waals surface area contributed by atoms with E-state index < -0.39 is 0 Å². The summed E-state index contributed by atoms with van der Waals surface area (Å²) in [5.41, 5.74) is 2.13. The molecule has 0 nitrogen and oxygen atoms in total. The van der Waals surface area contributed by atoms with Crippen molar-refractivity contribution >= 4 is 0 Å². The largest absolute Gasteiger partial charge is 0.0648 e. The van der Waals surface area contributed by atoms with Crippen molar-refractivity contribution in [1.29, 1.82) is 0 Å². The minimum Gasteiger partial charge on any atom is -0.0648 e. The first-order valence-electron chi connectivity index (χ1n) is 6.28. The van der Waals surface area contributed by atoms with Crippen molar-refractivity contribution in [2.45, 2.75) is 46.0 Å². The van der Waals surface area contributed by atoms with Gasteiger partial charge in [0, 0.05) is 0 Å². The van der Waals surface area contributed by atoms with E-state index in [4.69, 9.17) is 0 Å². The van der Waals surface area contributed by atoms with Gasteiger partial charge in [-0.25, -0.2) is 0 Å². The third-order valence-electron chi connectivity index (χ3n) is 4.12. The predicted molar refractivity (Wildman–Crippen MR) is 65.9 cm³/mol. The van der Waals surface area contributed by atoms with E-state index in [9.17, 15) is 0 Å². The summed E-state index contributed by atoms with van der Waals surface area (Å²) in [6, 6.07) is 11.0. The SMILES string of the molecule is CC[C@@]1(Cc2ccccc2)CC[C@@H](C)C1. The number of hydrogen-bond acceptors (Lipinski definition) is 0. The summed E-state index contributed by atoms with van der Waals surface area (Å²) in [5, 5.41) is 0. The summed E-state index contributed by atoms with van der Waals surface area (Å²) >= 11 is 0. The third-order valence-corrected chi connectivity index (χ3v) is 4.12. The molecule has 2 rings (SSSR count). The highest BCUT2D eigenvalue weighted by Gasteiger charge is 2.35. The van der Waals surface area contributed by atoms with Crippen molar-refractivity contribution in [1.82, 2.24) is 0 Å². The van der Waals surface area contributed by atoms with Crippen LogP contribution in [-0.2, 0) is 6.42 Å². The van der Waals surface area contributed by atoms with Crippen LogP contribution in [0.3, 0.4) is 0 Å². The molecule has 1 aliphatic rings. The van der Waals surface area contributed by atoms with Crippen LogP contribution >= 0.6 is 0 Å². The lowest BCUT2D eigenvalue weighted by Crippen LogP contribution is -2.19. The molecule has 0 bridgehead atoms. The Bertz CT molecular complexity index is 301. The van der Waals surface area contributed by atoms with Gasteiger partial charge in [-0.05, 0) is 36.2 Å². The number of rotatable bonds is 3. The van der Waals surface area contributed by atoms with E-state index >= 15 is 0 Å². The van der Waals surface area contributed by atoms with Crippen LogP contribution < -0.4 is 0 Å². The molecule has 1 aliphatic carbocycles. The summed E-state index contributed by atoms with van der Waals surface area (Å²) in [6.07, 6.45) is 6.92. The molecule has 0 aliphatic heterocycles. The molecule has 1 fully saturated rings.